The van der Waals surface area contributed by atoms with E-state index in [1.165, 1.54) is 6.07 Å². The summed E-state index contributed by atoms with van der Waals surface area (Å²) in [6.45, 7) is 0. The van der Waals surface area contributed by atoms with Gasteiger partial charge in [0.25, 0.3) is 5.56 Å². The number of nitrogens with zero attached hydrogens (tertiary/aromatic N) is 2. The Balaban J connectivity index is 2.82. The van der Waals surface area contributed by atoms with Gasteiger partial charge < -0.3 is 4.40 Å². The molecule has 0 aliphatic carbocycles. The molecule has 0 saturated heterocycles. The highest BCUT2D eigenvalue weighted by Gasteiger charge is 1.95. The molecule has 2 heterocycles. The molecule has 4 heteroatoms. The quantitative estimate of drug-likeness (QED) is 0.592. The van der Waals surface area contributed by atoms with Crippen molar-refractivity contribution in [2.75, 3.05) is 0 Å². The van der Waals surface area contributed by atoms with Crippen LogP contribution < -0.4 is 5.56 Å². The van der Waals surface area contributed by atoms with Crippen molar-refractivity contribution in [1.82, 2.24) is 9.38 Å². The van der Waals surface area contributed by atoms with Gasteiger partial charge in [0, 0.05) is 24.0 Å². The van der Waals surface area contributed by atoms with Crippen LogP contribution in [0.15, 0.2) is 35.4 Å². The summed E-state index contributed by atoms with van der Waals surface area (Å²) >= 11 is 0. The second kappa shape index (κ2) is 2.82. The van der Waals surface area contributed by atoms with Gasteiger partial charge in [0.2, 0.25) is 0 Å². The van der Waals surface area contributed by atoms with E-state index < -0.39 is 0 Å². The number of carbonyl (C=O) groups excluding carboxylic acids is 1. The van der Waals surface area contributed by atoms with Crippen molar-refractivity contribution >= 4 is 11.9 Å². The molecule has 13 heavy (non-hydrogen) atoms. The first kappa shape index (κ1) is 7.67. The molecule has 0 radical (unpaired) electrons. The number of aldehydes is 1. The fourth-order valence-corrected chi connectivity index (χ4v) is 1.10. The normalized spacial score (nSPS) is 10.2. The zero-order valence-corrected chi connectivity index (χ0v) is 6.68. The first-order chi connectivity index (χ1) is 6.29. The molecule has 0 aliphatic heterocycles. The van der Waals surface area contributed by atoms with Gasteiger partial charge >= 0.3 is 0 Å². The third kappa shape index (κ3) is 1.33. The Kier molecular flexibility index (Phi) is 1.66. The summed E-state index contributed by atoms with van der Waals surface area (Å²) in [5.41, 5.74) is 0.693. The monoisotopic (exact) mass is 174 g/mol. The minimum atomic E-state index is -0.303. The number of hydrogen-bond donors (Lipinski definition) is 0. The summed E-state index contributed by atoms with van der Waals surface area (Å²) < 4.78 is 1.67. The van der Waals surface area contributed by atoms with Crippen molar-refractivity contribution in [3.63, 3.8) is 0 Å². The Morgan fingerprint density at radius 1 is 1.31 bits per heavy atom. The molecular weight excluding hydrogens is 168 g/mol. The summed E-state index contributed by atoms with van der Waals surface area (Å²) in [5, 5.41) is 0. The standard InChI is InChI=1S/C9H6N2O2/c12-6-7-1-3-11-4-2-9(13)10-8(11)5-7/h1-6H. The molecule has 4 nitrogen and oxygen atoms in total. The lowest BCUT2D eigenvalue weighted by molar-refractivity contribution is 0.112. The minimum absolute atomic E-state index is 0.303. The van der Waals surface area contributed by atoms with Crippen LogP contribution in [0.1, 0.15) is 10.4 Å². The molecule has 0 amide bonds. The van der Waals surface area contributed by atoms with Crippen LogP contribution in [0.4, 0.5) is 0 Å². The highest BCUT2D eigenvalue weighted by Crippen LogP contribution is 2.00. The van der Waals surface area contributed by atoms with E-state index in [2.05, 4.69) is 4.98 Å². The summed E-state index contributed by atoms with van der Waals surface area (Å²) in [6.07, 6.45) is 4.02. The number of carbonyl (C=O) groups is 1. The maximum absolute atomic E-state index is 10.9. The van der Waals surface area contributed by atoms with Crippen LogP contribution in [0.25, 0.3) is 5.65 Å². The van der Waals surface area contributed by atoms with Crippen molar-refractivity contribution in [2.45, 2.75) is 0 Å². The van der Waals surface area contributed by atoms with Crippen LogP contribution in [-0.2, 0) is 0 Å². The number of hydrogen-bond acceptors (Lipinski definition) is 3. The Labute approximate surface area is 73.5 Å². The van der Waals surface area contributed by atoms with Crippen molar-refractivity contribution in [3.8, 4) is 0 Å². The zero-order chi connectivity index (χ0) is 9.26. The largest absolute Gasteiger partial charge is 0.308 e. The van der Waals surface area contributed by atoms with E-state index >= 15 is 0 Å². The molecule has 0 spiro atoms. The maximum atomic E-state index is 10.9. The van der Waals surface area contributed by atoms with Gasteiger partial charge in [-0.1, -0.05) is 0 Å². The summed E-state index contributed by atoms with van der Waals surface area (Å²) in [6, 6.07) is 4.59. The van der Waals surface area contributed by atoms with Gasteiger partial charge in [-0.2, -0.15) is 4.98 Å². The number of pyridine rings is 1. The molecule has 0 unspecified atom stereocenters. The maximum Gasteiger partial charge on any atom is 0.273 e. The predicted octanol–water partition coefficient (Wildman–Crippen LogP) is 0.507. The molecule has 0 atom stereocenters. The molecule has 64 valence electrons. The summed E-state index contributed by atoms with van der Waals surface area (Å²) in [4.78, 5) is 25.0. The lowest BCUT2D eigenvalue weighted by Gasteiger charge is -1.98. The fraction of sp³-hybridized carbons (Fsp3) is 0. The molecule has 0 N–H and O–H groups in total. The number of aromatic nitrogens is 2. The SMILES string of the molecule is O=Cc1ccn2ccc(=O)nc2c1. The molecule has 0 aromatic carbocycles. The molecule has 0 aliphatic rings. The highest BCUT2D eigenvalue weighted by atomic mass is 16.1. The lowest BCUT2D eigenvalue weighted by Crippen LogP contribution is -2.06. The molecular formula is C9H6N2O2. The van der Waals surface area contributed by atoms with E-state index in [0.717, 1.165) is 6.29 Å². The van der Waals surface area contributed by atoms with Gasteiger partial charge in [-0.05, 0) is 12.1 Å². The van der Waals surface area contributed by atoms with Crippen LogP contribution in [0, 0.1) is 0 Å². The van der Waals surface area contributed by atoms with Crippen molar-refractivity contribution in [2.24, 2.45) is 0 Å². The van der Waals surface area contributed by atoms with Gasteiger partial charge in [-0.3, -0.25) is 9.59 Å². The van der Waals surface area contributed by atoms with Crippen LogP contribution in [0.3, 0.4) is 0 Å². The third-order valence-corrected chi connectivity index (χ3v) is 1.73. The Morgan fingerprint density at radius 2 is 2.08 bits per heavy atom. The lowest BCUT2D eigenvalue weighted by atomic mass is 10.3. The topological polar surface area (TPSA) is 51.4 Å². The zero-order valence-electron chi connectivity index (χ0n) is 6.68. The van der Waals surface area contributed by atoms with Gasteiger partial charge in [-0.15, -0.1) is 0 Å². The van der Waals surface area contributed by atoms with Crippen molar-refractivity contribution in [3.05, 3.63) is 46.5 Å². The average molecular weight is 174 g/mol. The average Bonchev–Trinajstić information content (AvgIpc) is 2.16. The highest BCUT2D eigenvalue weighted by molar-refractivity contribution is 5.76. The summed E-state index contributed by atoms with van der Waals surface area (Å²) in [5.74, 6) is 0. The predicted molar refractivity (Wildman–Crippen MR) is 46.8 cm³/mol. The van der Waals surface area contributed by atoms with Crippen LogP contribution in [0.2, 0.25) is 0 Å². The molecule has 0 saturated carbocycles. The van der Waals surface area contributed by atoms with Crippen LogP contribution in [-0.4, -0.2) is 15.7 Å². The van der Waals surface area contributed by atoms with Crippen LogP contribution in [0.5, 0.6) is 0 Å². The van der Waals surface area contributed by atoms with E-state index in [-0.39, 0.29) is 5.56 Å². The second-order valence-electron chi connectivity index (χ2n) is 2.61. The smallest absolute Gasteiger partial charge is 0.273 e. The first-order valence-corrected chi connectivity index (χ1v) is 3.74. The second-order valence-corrected chi connectivity index (χ2v) is 2.61. The Bertz CT molecular complexity index is 516. The summed E-state index contributed by atoms with van der Waals surface area (Å²) in [7, 11) is 0. The molecule has 0 fully saturated rings. The van der Waals surface area contributed by atoms with Gasteiger partial charge in [0.15, 0.2) is 0 Å². The van der Waals surface area contributed by atoms with Crippen LogP contribution >= 0.6 is 0 Å². The van der Waals surface area contributed by atoms with Crippen molar-refractivity contribution < 1.29 is 4.79 Å². The van der Waals surface area contributed by atoms with Gasteiger partial charge in [-0.25, -0.2) is 0 Å². The van der Waals surface area contributed by atoms with E-state index in [1.807, 2.05) is 0 Å². The van der Waals surface area contributed by atoms with E-state index in [9.17, 15) is 9.59 Å². The van der Waals surface area contributed by atoms with E-state index in [1.54, 1.807) is 28.9 Å². The Morgan fingerprint density at radius 3 is 2.85 bits per heavy atom. The molecule has 2 rings (SSSR count). The molecule has 2 aromatic rings. The van der Waals surface area contributed by atoms with E-state index in [0.29, 0.717) is 11.2 Å². The number of fused-ring (bicyclic) bond motifs is 1. The molecule has 0 bridgehead atoms. The first-order valence-electron chi connectivity index (χ1n) is 3.74. The van der Waals surface area contributed by atoms with Gasteiger partial charge in [0.1, 0.15) is 11.9 Å². The molecule has 2 aromatic heterocycles. The number of rotatable bonds is 1. The third-order valence-electron chi connectivity index (χ3n) is 1.73. The van der Waals surface area contributed by atoms with E-state index in [4.69, 9.17) is 0 Å². The minimum Gasteiger partial charge on any atom is -0.308 e. The van der Waals surface area contributed by atoms with Gasteiger partial charge in [0.05, 0.1) is 0 Å². The fourth-order valence-electron chi connectivity index (χ4n) is 1.10. The Hall–Kier alpha value is -1.97. The van der Waals surface area contributed by atoms with Crippen molar-refractivity contribution in [1.29, 1.82) is 0 Å².